The van der Waals surface area contributed by atoms with Crippen LogP contribution >= 0.6 is 11.8 Å². The number of rotatable bonds is 5. The minimum Gasteiger partial charge on any atom is -0.349 e. The molecular formula is C22H16FN5S. The molecule has 4 rings (SSSR count). The Kier molecular flexibility index (Phi) is 5.41. The second-order valence-corrected chi connectivity index (χ2v) is 7.57. The molecule has 1 fully saturated rings. The molecule has 3 heterocycles. The molecular weight excluding hydrogens is 385 g/mol. The van der Waals surface area contributed by atoms with Crippen LogP contribution < -0.4 is 4.90 Å². The van der Waals surface area contributed by atoms with Crippen molar-refractivity contribution in [2.75, 3.05) is 18.0 Å². The molecule has 1 aliphatic heterocycles. The molecule has 0 saturated carbocycles. The number of nitrogens with zero attached hydrogens (tertiary/aromatic N) is 5. The molecule has 142 valence electrons. The third-order valence-electron chi connectivity index (χ3n) is 4.67. The van der Waals surface area contributed by atoms with Gasteiger partial charge in [-0.15, -0.1) is 11.8 Å². The number of alkyl halides is 1. The van der Waals surface area contributed by atoms with Crippen LogP contribution in [0.4, 0.5) is 10.2 Å². The molecule has 0 aliphatic carbocycles. The van der Waals surface area contributed by atoms with Crippen molar-refractivity contribution in [1.82, 2.24) is 9.97 Å². The molecule has 0 N–H and O–H groups in total. The molecule has 2 aromatic heterocycles. The normalized spacial score (nSPS) is 13.4. The van der Waals surface area contributed by atoms with Crippen molar-refractivity contribution < 1.29 is 4.39 Å². The van der Waals surface area contributed by atoms with Gasteiger partial charge in [0.2, 0.25) is 0 Å². The van der Waals surface area contributed by atoms with Gasteiger partial charge < -0.3 is 4.90 Å². The molecule has 7 heteroatoms. The summed E-state index contributed by atoms with van der Waals surface area (Å²) in [7, 11) is 0. The lowest BCUT2D eigenvalue weighted by atomic mass is 9.96. The van der Waals surface area contributed by atoms with Gasteiger partial charge in [-0.1, -0.05) is 36.4 Å². The van der Waals surface area contributed by atoms with E-state index < -0.39 is 6.17 Å². The molecule has 3 aromatic rings. The van der Waals surface area contributed by atoms with Crippen LogP contribution in [0.15, 0.2) is 59.9 Å². The highest BCUT2D eigenvalue weighted by Gasteiger charge is 2.32. The molecule has 0 atom stereocenters. The van der Waals surface area contributed by atoms with E-state index in [1.807, 2.05) is 42.5 Å². The van der Waals surface area contributed by atoms with Crippen LogP contribution in [0, 0.1) is 22.7 Å². The second-order valence-electron chi connectivity index (χ2n) is 6.61. The number of anilines is 1. The minimum absolute atomic E-state index is 0.203. The van der Waals surface area contributed by atoms with Gasteiger partial charge in [-0.2, -0.15) is 10.5 Å². The Morgan fingerprint density at radius 3 is 2.45 bits per heavy atom. The number of nitriles is 2. The quantitative estimate of drug-likeness (QED) is 0.592. The van der Waals surface area contributed by atoms with Gasteiger partial charge in [0, 0.05) is 23.7 Å². The highest BCUT2D eigenvalue weighted by molar-refractivity contribution is 7.98. The van der Waals surface area contributed by atoms with E-state index >= 15 is 0 Å². The van der Waals surface area contributed by atoms with Gasteiger partial charge in [0.1, 0.15) is 34.7 Å². The average Bonchev–Trinajstić information content (AvgIpc) is 2.75. The zero-order valence-corrected chi connectivity index (χ0v) is 16.2. The lowest BCUT2D eigenvalue weighted by Crippen LogP contribution is -2.49. The summed E-state index contributed by atoms with van der Waals surface area (Å²) in [4.78, 5) is 10.5. The van der Waals surface area contributed by atoms with Gasteiger partial charge in [-0.25, -0.2) is 9.37 Å². The molecule has 5 nitrogen and oxygen atoms in total. The fourth-order valence-electron chi connectivity index (χ4n) is 3.22. The van der Waals surface area contributed by atoms with Crippen LogP contribution in [-0.2, 0) is 5.75 Å². The maximum Gasteiger partial charge on any atom is 0.148 e. The summed E-state index contributed by atoms with van der Waals surface area (Å²) >= 11 is 1.42. The molecule has 1 saturated heterocycles. The van der Waals surface area contributed by atoms with E-state index in [9.17, 15) is 14.9 Å². The molecule has 0 amide bonds. The Hall–Kier alpha value is -3.42. The number of hydrogen-bond donors (Lipinski definition) is 0. The molecule has 0 bridgehead atoms. The largest absolute Gasteiger partial charge is 0.349 e. The van der Waals surface area contributed by atoms with E-state index in [1.54, 1.807) is 17.3 Å². The summed E-state index contributed by atoms with van der Waals surface area (Å²) in [5, 5.41) is 20.3. The summed E-state index contributed by atoms with van der Waals surface area (Å²) in [5.74, 6) is 1.02. The smallest absolute Gasteiger partial charge is 0.148 e. The van der Waals surface area contributed by atoms with Crippen molar-refractivity contribution in [2.45, 2.75) is 17.0 Å². The van der Waals surface area contributed by atoms with E-state index in [4.69, 9.17) is 0 Å². The molecule has 29 heavy (non-hydrogen) atoms. The van der Waals surface area contributed by atoms with Gasteiger partial charge >= 0.3 is 0 Å². The lowest BCUT2D eigenvalue weighted by Gasteiger charge is -2.36. The minimum atomic E-state index is -0.925. The third-order valence-corrected chi connectivity index (χ3v) is 5.71. The Bertz CT molecular complexity index is 1100. The van der Waals surface area contributed by atoms with Crippen molar-refractivity contribution in [3.05, 3.63) is 71.5 Å². The molecule has 0 spiro atoms. The van der Waals surface area contributed by atoms with Gasteiger partial charge in [0.15, 0.2) is 0 Å². The first-order valence-corrected chi connectivity index (χ1v) is 10.0. The predicted molar refractivity (Wildman–Crippen MR) is 110 cm³/mol. The van der Waals surface area contributed by atoms with Crippen LogP contribution in [0.5, 0.6) is 0 Å². The Morgan fingerprint density at radius 1 is 1.07 bits per heavy atom. The Labute approximate surface area is 172 Å². The van der Waals surface area contributed by atoms with Gasteiger partial charge in [-0.3, -0.25) is 4.98 Å². The third kappa shape index (κ3) is 3.78. The predicted octanol–water partition coefficient (Wildman–Crippen LogP) is 4.34. The van der Waals surface area contributed by atoms with E-state index in [0.29, 0.717) is 33.3 Å². The number of hydrogen-bond acceptors (Lipinski definition) is 6. The van der Waals surface area contributed by atoms with Crippen molar-refractivity contribution in [3.8, 4) is 23.3 Å². The Morgan fingerprint density at radius 2 is 1.83 bits per heavy atom. The molecule has 1 aromatic carbocycles. The number of benzene rings is 1. The van der Waals surface area contributed by atoms with Crippen molar-refractivity contribution >= 4 is 17.6 Å². The maximum absolute atomic E-state index is 13.5. The SMILES string of the molecule is N#Cc1c(SCc2cccnc2)nc(N2CC(F)C2)c(C#N)c1-c1ccccc1. The summed E-state index contributed by atoms with van der Waals surface area (Å²) in [6, 6.07) is 17.6. The zero-order valence-electron chi connectivity index (χ0n) is 15.4. The summed E-state index contributed by atoms with van der Waals surface area (Å²) in [6.07, 6.45) is 2.55. The van der Waals surface area contributed by atoms with E-state index in [1.165, 1.54) is 11.8 Å². The maximum atomic E-state index is 13.5. The second kappa shape index (κ2) is 8.30. The van der Waals surface area contributed by atoms with Crippen molar-refractivity contribution in [3.63, 3.8) is 0 Å². The first-order valence-electron chi connectivity index (χ1n) is 9.05. The monoisotopic (exact) mass is 401 g/mol. The first kappa shape index (κ1) is 18.9. The number of thioether (sulfide) groups is 1. The van der Waals surface area contributed by atoms with E-state index in [-0.39, 0.29) is 13.1 Å². The highest BCUT2D eigenvalue weighted by Crippen LogP contribution is 2.39. The van der Waals surface area contributed by atoms with Crippen molar-refractivity contribution in [2.24, 2.45) is 0 Å². The fourth-order valence-corrected chi connectivity index (χ4v) is 4.14. The van der Waals surface area contributed by atoms with Crippen LogP contribution in [0.1, 0.15) is 16.7 Å². The standard InChI is InChI=1S/C22H16FN5S/c23-17-12-28(13-17)21-18(9-24)20(16-6-2-1-3-7-16)19(10-25)22(27-21)29-14-15-5-4-8-26-11-15/h1-8,11,17H,12-14H2. The first-order chi connectivity index (χ1) is 14.2. The van der Waals surface area contributed by atoms with Gasteiger partial charge in [0.05, 0.1) is 18.7 Å². The Balaban J connectivity index is 1.85. The van der Waals surface area contributed by atoms with Gasteiger partial charge in [-0.05, 0) is 17.2 Å². The van der Waals surface area contributed by atoms with Crippen LogP contribution in [0.25, 0.3) is 11.1 Å². The highest BCUT2D eigenvalue weighted by atomic mass is 32.2. The number of pyridine rings is 2. The summed E-state index contributed by atoms with van der Waals surface area (Å²) < 4.78 is 13.5. The van der Waals surface area contributed by atoms with Crippen molar-refractivity contribution in [1.29, 1.82) is 10.5 Å². The fraction of sp³-hybridized carbons (Fsp3) is 0.182. The summed E-state index contributed by atoms with van der Waals surface area (Å²) in [5.41, 5.74) is 3.00. The van der Waals surface area contributed by atoms with E-state index in [0.717, 1.165) is 11.1 Å². The van der Waals surface area contributed by atoms with Crippen LogP contribution in [0.2, 0.25) is 0 Å². The molecule has 0 unspecified atom stereocenters. The zero-order chi connectivity index (χ0) is 20.2. The number of halogens is 1. The molecule has 1 aliphatic rings. The van der Waals surface area contributed by atoms with Gasteiger partial charge in [0.25, 0.3) is 0 Å². The van der Waals surface area contributed by atoms with Crippen LogP contribution in [-0.4, -0.2) is 29.2 Å². The number of aromatic nitrogens is 2. The molecule has 0 radical (unpaired) electrons. The van der Waals surface area contributed by atoms with E-state index in [2.05, 4.69) is 22.1 Å². The average molecular weight is 401 g/mol. The van der Waals surface area contributed by atoms with Crippen LogP contribution in [0.3, 0.4) is 0 Å². The topological polar surface area (TPSA) is 76.6 Å². The lowest BCUT2D eigenvalue weighted by molar-refractivity contribution is 0.273. The summed E-state index contributed by atoms with van der Waals surface area (Å²) in [6.45, 7) is 0.406.